The van der Waals surface area contributed by atoms with Crippen LogP contribution in [0.25, 0.3) is 11.2 Å². The molecule has 0 aliphatic carbocycles. The number of hydrogen-bond donors (Lipinski definition) is 1. The normalized spacial score (nSPS) is 11.2. The van der Waals surface area contributed by atoms with Gasteiger partial charge in [0, 0.05) is 13.0 Å². The molecule has 92 valence electrons. The fourth-order valence-corrected chi connectivity index (χ4v) is 1.77. The number of pyridine rings is 1. The van der Waals surface area contributed by atoms with E-state index in [-0.39, 0.29) is 5.15 Å². The molecule has 0 unspecified atom stereocenters. The molecule has 0 spiro atoms. The zero-order valence-electron chi connectivity index (χ0n) is 9.46. The smallest absolute Gasteiger partial charge is 0.179 e. The highest BCUT2D eigenvalue weighted by Gasteiger charge is 2.07. The molecule has 2 aromatic heterocycles. The van der Waals surface area contributed by atoms with Gasteiger partial charge >= 0.3 is 0 Å². The van der Waals surface area contributed by atoms with Crippen LogP contribution in [0.2, 0.25) is 10.2 Å². The number of nitrogens with zero attached hydrogens (tertiary/aromatic N) is 2. The Balaban J connectivity index is 2.09. The van der Waals surface area contributed by atoms with E-state index in [0.717, 1.165) is 30.8 Å². The van der Waals surface area contributed by atoms with Gasteiger partial charge in [0.05, 0.1) is 17.1 Å². The van der Waals surface area contributed by atoms with Crippen LogP contribution < -0.4 is 0 Å². The zero-order valence-corrected chi connectivity index (χ0v) is 11.0. The van der Waals surface area contributed by atoms with Gasteiger partial charge in [0.15, 0.2) is 5.65 Å². The maximum atomic E-state index is 5.88. The molecule has 1 N–H and O–H groups in total. The minimum Gasteiger partial charge on any atom is -0.381 e. The topological polar surface area (TPSA) is 50.8 Å². The van der Waals surface area contributed by atoms with E-state index in [0.29, 0.717) is 17.3 Å². The quantitative estimate of drug-likeness (QED) is 0.672. The first-order valence-corrected chi connectivity index (χ1v) is 6.24. The van der Waals surface area contributed by atoms with Crippen LogP contribution in [-0.4, -0.2) is 28.2 Å². The number of rotatable bonds is 5. The van der Waals surface area contributed by atoms with E-state index in [4.69, 9.17) is 27.9 Å². The molecule has 0 aromatic carbocycles. The van der Waals surface area contributed by atoms with E-state index >= 15 is 0 Å². The van der Waals surface area contributed by atoms with Crippen molar-refractivity contribution in [2.75, 3.05) is 13.2 Å². The number of H-pyrrole nitrogens is 1. The second kappa shape index (κ2) is 5.67. The van der Waals surface area contributed by atoms with Crippen LogP contribution >= 0.6 is 23.2 Å². The van der Waals surface area contributed by atoms with Crippen molar-refractivity contribution < 1.29 is 4.74 Å². The highest BCUT2D eigenvalue weighted by molar-refractivity contribution is 6.41. The molecule has 2 aromatic rings. The molecule has 0 atom stereocenters. The Kier molecular flexibility index (Phi) is 4.20. The lowest BCUT2D eigenvalue weighted by molar-refractivity contribution is 0.137. The molecule has 0 saturated heterocycles. The van der Waals surface area contributed by atoms with E-state index in [1.807, 2.05) is 0 Å². The second-order valence-corrected chi connectivity index (χ2v) is 4.44. The molecular formula is C11H13Cl2N3O. The molecule has 0 aliphatic rings. The molecule has 4 nitrogen and oxygen atoms in total. The molecule has 0 fully saturated rings. The molecule has 0 radical (unpaired) electrons. The fraction of sp³-hybridized carbons (Fsp3) is 0.455. The molecule has 0 bridgehead atoms. The van der Waals surface area contributed by atoms with Crippen LogP contribution in [0.4, 0.5) is 0 Å². The van der Waals surface area contributed by atoms with E-state index in [1.165, 1.54) is 0 Å². The van der Waals surface area contributed by atoms with E-state index < -0.39 is 0 Å². The Labute approximate surface area is 109 Å². The van der Waals surface area contributed by atoms with Crippen LogP contribution in [0.5, 0.6) is 0 Å². The number of ether oxygens (including phenoxy) is 1. The average Bonchev–Trinajstić information content (AvgIpc) is 2.67. The first-order valence-electron chi connectivity index (χ1n) is 5.49. The lowest BCUT2D eigenvalue weighted by atomic mass is 10.4. The van der Waals surface area contributed by atoms with Crippen molar-refractivity contribution in [2.24, 2.45) is 0 Å². The van der Waals surface area contributed by atoms with E-state index in [1.54, 1.807) is 6.07 Å². The van der Waals surface area contributed by atoms with Crippen LogP contribution in [0, 0.1) is 0 Å². The summed E-state index contributed by atoms with van der Waals surface area (Å²) >= 11 is 11.7. The van der Waals surface area contributed by atoms with Crippen LogP contribution in [0.1, 0.15) is 19.2 Å². The summed E-state index contributed by atoms with van der Waals surface area (Å²) in [7, 11) is 0. The molecule has 2 heterocycles. The minimum absolute atomic E-state index is 0.277. The van der Waals surface area contributed by atoms with Crippen molar-refractivity contribution in [3.63, 3.8) is 0 Å². The number of aromatic nitrogens is 3. The predicted molar refractivity (Wildman–Crippen MR) is 68.7 cm³/mol. The van der Waals surface area contributed by atoms with Gasteiger partial charge < -0.3 is 9.72 Å². The van der Waals surface area contributed by atoms with Gasteiger partial charge in [-0.05, 0) is 12.5 Å². The van der Waals surface area contributed by atoms with Gasteiger partial charge in [0.1, 0.15) is 11.0 Å². The predicted octanol–water partition coefficient (Wildman–Crippen LogP) is 3.23. The third-order valence-electron chi connectivity index (χ3n) is 2.26. The SMILES string of the molecule is CCCOCCc1nc2nc(Cl)c(Cl)cc2[nH]1. The zero-order chi connectivity index (χ0) is 12.3. The number of nitrogens with one attached hydrogen (secondary N) is 1. The molecule has 6 heteroatoms. The lowest BCUT2D eigenvalue weighted by Gasteiger charge is -1.98. The Bertz CT molecular complexity index is 474. The van der Waals surface area contributed by atoms with Crippen molar-refractivity contribution >= 4 is 34.4 Å². The molecule has 0 amide bonds. The lowest BCUT2D eigenvalue weighted by Crippen LogP contribution is -2.00. The Hall–Kier alpha value is -0.840. The van der Waals surface area contributed by atoms with Crippen LogP contribution in [0.15, 0.2) is 6.07 Å². The van der Waals surface area contributed by atoms with Gasteiger partial charge in [-0.15, -0.1) is 0 Å². The van der Waals surface area contributed by atoms with Crippen molar-refractivity contribution in [2.45, 2.75) is 19.8 Å². The van der Waals surface area contributed by atoms with Gasteiger partial charge in [-0.1, -0.05) is 30.1 Å². The number of aromatic amines is 1. The van der Waals surface area contributed by atoms with Crippen molar-refractivity contribution in [3.8, 4) is 0 Å². The standard InChI is InChI=1S/C11H13Cl2N3O/c1-2-4-17-5-3-9-14-8-6-7(12)10(13)16-11(8)15-9/h6H,2-5H2,1H3,(H,14,15,16). The largest absolute Gasteiger partial charge is 0.381 e. The van der Waals surface area contributed by atoms with Crippen LogP contribution in [-0.2, 0) is 11.2 Å². The number of hydrogen-bond acceptors (Lipinski definition) is 3. The maximum Gasteiger partial charge on any atom is 0.179 e. The van der Waals surface area contributed by atoms with Gasteiger partial charge in [-0.25, -0.2) is 9.97 Å². The summed E-state index contributed by atoms with van der Waals surface area (Å²) in [6.45, 7) is 3.50. The second-order valence-electron chi connectivity index (χ2n) is 3.68. The number of fused-ring (bicyclic) bond motifs is 1. The fourth-order valence-electron chi connectivity index (χ4n) is 1.48. The molecule has 2 rings (SSSR count). The van der Waals surface area contributed by atoms with Crippen molar-refractivity contribution in [3.05, 3.63) is 22.1 Å². The Morgan fingerprint density at radius 1 is 1.29 bits per heavy atom. The highest BCUT2D eigenvalue weighted by Crippen LogP contribution is 2.23. The minimum atomic E-state index is 0.277. The summed E-state index contributed by atoms with van der Waals surface area (Å²) in [6, 6.07) is 1.73. The van der Waals surface area contributed by atoms with Gasteiger partial charge in [0.2, 0.25) is 0 Å². The number of halogens is 2. The van der Waals surface area contributed by atoms with Gasteiger partial charge in [0.25, 0.3) is 0 Å². The summed E-state index contributed by atoms with van der Waals surface area (Å²) in [6.07, 6.45) is 1.75. The molecule has 17 heavy (non-hydrogen) atoms. The third kappa shape index (κ3) is 3.09. The number of imidazole rings is 1. The van der Waals surface area contributed by atoms with Crippen LogP contribution in [0.3, 0.4) is 0 Å². The molecule has 0 saturated carbocycles. The monoisotopic (exact) mass is 273 g/mol. The Morgan fingerprint density at radius 2 is 2.12 bits per heavy atom. The summed E-state index contributed by atoms with van der Waals surface area (Å²) in [4.78, 5) is 11.6. The first-order chi connectivity index (χ1) is 8.20. The summed E-state index contributed by atoms with van der Waals surface area (Å²) in [5, 5.41) is 0.705. The summed E-state index contributed by atoms with van der Waals surface area (Å²) < 4.78 is 5.40. The average molecular weight is 274 g/mol. The maximum absolute atomic E-state index is 5.88. The van der Waals surface area contributed by atoms with E-state index in [2.05, 4.69) is 21.9 Å². The Morgan fingerprint density at radius 3 is 2.88 bits per heavy atom. The van der Waals surface area contributed by atoms with E-state index in [9.17, 15) is 0 Å². The van der Waals surface area contributed by atoms with Crippen molar-refractivity contribution in [1.29, 1.82) is 0 Å². The molecule has 0 aliphatic heterocycles. The third-order valence-corrected chi connectivity index (χ3v) is 2.94. The summed E-state index contributed by atoms with van der Waals surface area (Å²) in [5.74, 6) is 0.835. The highest BCUT2D eigenvalue weighted by atomic mass is 35.5. The first kappa shape index (κ1) is 12.6. The van der Waals surface area contributed by atoms with Crippen molar-refractivity contribution in [1.82, 2.24) is 15.0 Å². The van der Waals surface area contributed by atoms with Gasteiger partial charge in [-0.2, -0.15) is 0 Å². The molecular weight excluding hydrogens is 261 g/mol. The van der Waals surface area contributed by atoms with Gasteiger partial charge in [-0.3, -0.25) is 0 Å². The summed E-state index contributed by atoms with van der Waals surface area (Å²) in [5.41, 5.74) is 1.38.